The van der Waals surface area contributed by atoms with Crippen LogP contribution >= 0.6 is 0 Å². The minimum atomic E-state index is 0.0548. The standard InChI is InChI=1S/C15H13NO3/c16-12-9-14-11(13(17)6-7-18-14)8-15(12)19-10-4-2-1-3-5-10/h1-5,8-9H,6-7,16H2. The first kappa shape index (κ1) is 11.6. The Morgan fingerprint density at radius 1 is 1.16 bits per heavy atom. The highest BCUT2D eigenvalue weighted by molar-refractivity contribution is 6.00. The molecule has 2 aromatic carbocycles. The number of anilines is 1. The number of carbonyl (C=O) groups is 1. The summed E-state index contributed by atoms with van der Waals surface area (Å²) < 4.78 is 11.1. The highest BCUT2D eigenvalue weighted by Gasteiger charge is 2.21. The van der Waals surface area contributed by atoms with Gasteiger partial charge in [-0.05, 0) is 18.2 Å². The number of hydrogen-bond donors (Lipinski definition) is 1. The summed E-state index contributed by atoms with van der Waals surface area (Å²) in [6, 6.07) is 12.6. The topological polar surface area (TPSA) is 61.5 Å². The van der Waals surface area contributed by atoms with Crippen molar-refractivity contribution in [3.63, 3.8) is 0 Å². The molecule has 0 aliphatic carbocycles. The van der Waals surface area contributed by atoms with E-state index in [1.807, 2.05) is 30.3 Å². The monoisotopic (exact) mass is 255 g/mol. The fourth-order valence-corrected chi connectivity index (χ4v) is 2.01. The van der Waals surface area contributed by atoms with Crippen LogP contribution in [0.5, 0.6) is 17.2 Å². The van der Waals surface area contributed by atoms with Gasteiger partial charge in [0.15, 0.2) is 11.5 Å². The maximum Gasteiger partial charge on any atom is 0.170 e. The number of hydrogen-bond acceptors (Lipinski definition) is 4. The second-order valence-corrected chi connectivity index (χ2v) is 4.32. The van der Waals surface area contributed by atoms with Crippen molar-refractivity contribution >= 4 is 11.5 Å². The molecule has 2 aromatic rings. The molecule has 1 heterocycles. The highest BCUT2D eigenvalue weighted by Crippen LogP contribution is 2.36. The van der Waals surface area contributed by atoms with Crippen LogP contribution in [0.15, 0.2) is 42.5 Å². The van der Waals surface area contributed by atoms with Crippen LogP contribution in [0.2, 0.25) is 0 Å². The molecule has 2 N–H and O–H groups in total. The zero-order valence-corrected chi connectivity index (χ0v) is 10.3. The van der Waals surface area contributed by atoms with Gasteiger partial charge in [-0.3, -0.25) is 4.79 Å². The third-order valence-corrected chi connectivity index (χ3v) is 2.97. The summed E-state index contributed by atoms with van der Waals surface area (Å²) in [4.78, 5) is 11.8. The molecule has 0 aromatic heterocycles. The summed E-state index contributed by atoms with van der Waals surface area (Å²) >= 11 is 0. The van der Waals surface area contributed by atoms with Crippen molar-refractivity contribution in [2.75, 3.05) is 12.3 Å². The fraction of sp³-hybridized carbons (Fsp3) is 0.133. The van der Waals surface area contributed by atoms with Crippen LogP contribution in [0.25, 0.3) is 0 Å². The summed E-state index contributed by atoms with van der Waals surface area (Å²) in [6.07, 6.45) is 0.391. The van der Waals surface area contributed by atoms with E-state index in [0.29, 0.717) is 41.5 Å². The van der Waals surface area contributed by atoms with Crippen molar-refractivity contribution in [3.05, 3.63) is 48.0 Å². The molecule has 0 amide bonds. The maximum absolute atomic E-state index is 11.8. The first-order valence-corrected chi connectivity index (χ1v) is 6.06. The summed E-state index contributed by atoms with van der Waals surface area (Å²) in [5, 5.41) is 0. The average molecular weight is 255 g/mol. The predicted molar refractivity (Wildman–Crippen MR) is 71.8 cm³/mol. The summed E-state index contributed by atoms with van der Waals surface area (Å²) in [5.41, 5.74) is 6.91. The van der Waals surface area contributed by atoms with E-state index in [9.17, 15) is 4.79 Å². The minimum Gasteiger partial charge on any atom is -0.492 e. The van der Waals surface area contributed by atoms with Crippen molar-refractivity contribution < 1.29 is 14.3 Å². The molecular formula is C15H13NO3. The largest absolute Gasteiger partial charge is 0.492 e. The Hall–Kier alpha value is -2.49. The minimum absolute atomic E-state index is 0.0548. The van der Waals surface area contributed by atoms with Crippen molar-refractivity contribution in [2.45, 2.75) is 6.42 Å². The predicted octanol–water partition coefficient (Wildman–Crippen LogP) is 3.03. The summed E-state index contributed by atoms with van der Waals surface area (Å²) in [7, 11) is 0. The zero-order valence-electron chi connectivity index (χ0n) is 10.3. The van der Waals surface area contributed by atoms with Crippen LogP contribution in [0, 0.1) is 0 Å². The molecule has 0 atom stereocenters. The van der Waals surface area contributed by atoms with E-state index in [4.69, 9.17) is 15.2 Å². The molecule has 0 bridgehead atoms. The van der Waals surface area contributed by atoms with Crippen molar-refractivity contribution in [2.24, 2.45) is 0 Å². The van der Waals surface area contributed by atoms with Crippen LogP contribution in [0.4, 0.5) is 5.69 Å². The van der Waals surface area contributed by atoms with E-state index in [0.717, 1.165) is 0 Å². The Morgan fingerprint density at radius 3 is 2.74 bits per heavy atom. The molecule has 1 aliphatic rings. The Labute approximate surface area is 110 Å². The van der Waals surface area contributed by atoms with Gasteiger partial charge in [0.25, 0.3) is 0 Å². The van der Waals surface area contributed by atoms with E-state index in [1.54, 1.807) is 12.1 Å². The van der Waals surface area contributed by atoms with Crippen LogP contribution in [0.3, 0.4) is 0 Å². The fourth-order valence-electron chi connectivity index (χ4n) is 2.01. The maximum atomic E-state index is 11.8. The number of nitrogens with two attached hydrogens (primary N) is 1. The van der Waals surface area contributed by atoms with Gasteiger partial charge in [0.05, 0.1) is 17.9 Å². The van der Waals surface area contributed by atoms with E-state index in [1.165, 1.54) is 0 Å². The highest BCUT2D eigenvalue weighted by atomic mass is 16.5. The molecule has 0 unspecified atom stereocenters. The Morgan fingerprint density at radius 2 is 1.95 bits per heavy atom. The van der Waals surface area contributed by atoms with Crippen LogP contribution in [-0.2, 0) is 0 Å². The van der Waals surface area contributed by atoms with Crippen LogP contribution in [0.1, 0.15) is 16.8 Å². The van der Waals surface area contributed by atoms with Gasteiger partial charge in [0.2, 0.25) is 0 Å². The lowest BCUT2D eigenvalue weighted by Gasteiger charge is -2.18. The first-order valence-electron chi connectivity index (χ1n) is 6.06. The third kappa shape index (κ3) is 2.25. The summed E-state index contributed by atoms with van der Waals surface area (Å²) in [6.45, 7) is 0.407. The first-order chi connectivity index (χ1) is 9.24. The average Bonchev–Trinajstić information content (AvgIpc) is 2.42. The molecule has 0 saturated heterocycles. The van der Waals surface area contributed by atoms with Gasteiger partial charge in [0.1, 0.15) is 11.5 Å². The van der Waals surface area contributed by atoms with Crippen LogP contribution in [-0.4, -0.2) is 12.4 Å². The smallest absolute Gasteiger partial charge is 0.170 e. The molecular weight excluding hydrogens is 242 g/mol. The van der Waals surface area contributed by atoms with Gasteiger partial charge in [-0.1, -0.05) is 18.2 Å². The second-order valence-electron chi connectivity index (χ2n) is 4.32. The molecule has 1 aliphatic heterocycles. The van der Waals surface area contributed by atoms with Crippen molar-refractivity contribution in [1.82, 2.24) is 0 Å². The van der Waals surface area contributed by atoms with E-state index >= 15 is 0 Å². The number of nitrogen functional groups attached to an aromatic ring is 1. The number of benzene rings is 2. The molecule has 4 heteroatoms. The molecule has 0 radical (unpaired) electrons. The molecule has 3 rings (SSSR count). The van der Waals surface area contributed by atoms with Gasteiger partial charge in [-0.25, -0.2) is 0 Å². The zero-order chi connectivity index (χ0) is 13.2. The lowest BCUT2D eigenvalue weighted by atomic mass is 10.0. The number of ketones is 1. The molecule has 4 nitrogen and oxygen atoms in total. The molecule has 0 fully saturated rings. The lowest BCUT2D eigenvalue weighted by Crippen LogP contribution is -2.15. The lowest BCUT2D eigenvalue weighted by molar-refractivity contribution is 0.0933. The third-order valence-electron chi connectivity index (χ3n) is 2.97. The normalized spacial score (nSPS) is 13.6. The Kier molecular flexibility index (Phi) is 2.83. The van der Waals surface area contributed by atoms with Crippen molar-refractivity contribution in [1.29, 1.82) is 0 Å². The van der Waals surface area contributed by atoms with Gasteiger partial charge in [-0.2, -0.15) is 0 Å². The number of fused-ring (bicyclic) bond motifs is 1. The summed E-state index contributed by atoms with van der Waals surface area (Å²) in [5.74, 6) is 1.75. The van der Waals surface area contributed by atoms with E-state index < -0.39 is 0 Å². The van der Waals surface area contributed by atoms with Crippen molar-refractivity contribution in [3.8, 4) is 17.2 Å². The number of ether oxygens (including phenoxy) is 2. The molecule has 0 saturated carbocycles. The van der Waals surface area contributed by atoms with Crippen LogP contribution < -0.4 is 15.2 Å². The van der Waals surface area contributed by atoms with Gasteiger partial charge < -0.3 is 15.2 Å². The SMILES string of the molecule is Nc1cc2c(cc1Oc1ccccc1)C(=O)CCO2. The number of para-hydroxylation sites is 1. The molecule has 19 heavy (non-hydrogen) atoms. The molecule has 0 spiro atoms. The van der Waals surface area contributed by atoms with E-state index in [-0.39, 0.29) is 5.78 Å². The van der Waals surface area contributed by atoms with Gasteiger partial charge >= 0.3 is 0 Å². The van der Waals surface area contributed by atoms with Gasteiger partial charge in [-0.15, -0.1) is 0 Å². The quantitative estimate of drug-likeness (QED) is 0.838. The molecule has 96 valence electrons. The number of rotatable bonds is 2. The number of carbonyl (C=O) groups excluding carboxylic acids is 1. The Bertz CT molecular complexity index is 623. The van der Waals surface area contributed by atoms with Gasteiger partial charge in [0, 0.05) is 12.5 Å². The Balaban J connectivity index is 1.98. The van der Waals surface area contributed by atoms with E-state index in [2.05, 4.69) is 0 Å². The second kappa shape index (κ2) is 4.65. The number of Topliss-reactive ketones (excluding diaryl/α,β-unsaturated/α-hetero) is 1.